The lowest BCUT2D eigenvalue weighted by Crippen LogP contribution is -2.56. The number of aliphatic carboxylic acids is 1. The van der Waals surface area contributed by atoms with Crippen LogP contribution >= 0.6 is 0 Å². The first-order chi connectivity index (χ1) is 15.4. The standard InChI is InChI=1S/C28H46O5/c1-17(2)8-7-9-18(3)21-10-11-22-25(26(31)32)23(13-15-27(21,22)5)28(6)14-12-20(16-24(28)30)33-19(4)29/h17-18,20-23,25H,7-16H2,1-6H3,(H,31,32)/p-1/t18?,20?,21?,22?,23?,25?,27-,28-/m1/s1. The van der Waals surface area contributed by atoms with E-state index in [1.807, 2.05) is 6.92 Å². The molecule has 0 N–H and O–H groups in total. The van der Waals surface area contributed by atoms with Crippen molar-refractivity contribution in [3.8, 4) is 0 Å². The Hall–Kier alpha value is -1.39. The monoisotopic (exact) mass is 461 g/mol. The number of esters is 1. The van der Waals surface area contributed by atoms with Crippen LogP contribution in [0.1, 0.15) is 106 Å². The molecule has 0 aromatic carbocycles. The third-order valence-electron chi connectivity index (χ3n) is 9.93. The van der Waals surface area contributed by atoms with Crippen LogP contribution in [-0.4, -0.2) is 23.8 Å². The van der Waals surface area contributed by atoms with Gasteiger partial charge in [0.05, 0.1) is 0 Å². The van der Waals surface area contributed by atoms with Crippen LogP contribution in [0.5, 0.6) is 0 Å². The highest BCUT2D eigenvalue weighted by Gasteiger charge is 2.59. The summed E-state index contributed by atoms with van der Waals surface area (Å²) in [4.78, 5) is 37.2. The van der Waals surface area contributed by atoms with Crippen LogP contribution in [0.2, 0.25) is 0 Å². The predicted molar refractivity (Wildman–Crippen MR) is 126 cm³/mol. The Kier molecular flexibility index (Phi) is 8.01. The first-order valence-corrected chi connectivity index (χ1v) is 13.3. The predicted octanol–water partition coefficient (Wildman–Crippen LogP) is 4.95. The number of carbonyl (C=O) groups excluding carboxylic acids is 3. The summed E-state index contributed by atoms with van der Waals surface area (Å²) in [7, 11) is 0. The third kappa shape index (κ3) is 5.17. The summed E-state index contributed by atoms with van der Waals surface area (Å²) in [6.45, 7) is 12.5. The average Bonchev–Trinajstić information content (AvgIpc) is 3.06. The molecule has 0 radical (unpaired) electrons. The van der Waals surface area contributed by atoms with E-state index in [2.05, 4.69) is 27.7 Å². The van der Waals surface area contributed by atoms with Gasteiger partial charge >= 0.3 is 5.97 Å². The number of carboxylic acids is 1. The van der Waals surface area contributed by atoms with E-state index in [1.54, 1.807) is 0 Å². The molecule has 0 aliphatic heterocycles. The van der Waals surface area contributed by atoms with Gasteiger partial charge in [-0.05, 0) is 73.5 Å². The molecule has 3 saturated carbocycles. The summed E-state index contributed by atoms with van der Waals surface area (Å²) in [6, 6.07) is 0. The van der Waals surface area contributed by atoms with E-state index in [1.165, 1.54) is 26.2 Å². The summed E-state index contributed by atoms with van der Waals surface area (Å²) < 4.78 is 5.30. The Labute approximate surface area is 200 Å². The Balaban J connectivity index is 1.77. The molecule has 3 aliphatic carbocycles. The largest absolute Gasteiger partial charge is 0.550 e. The van der Waals surface area contributed by atoms with E-state index in [0.29, 0.717) is 24.7 Å². The highest BCUT2D eigenvalue weighted by molar-refractivity contribution is 5.87. The number of ketones is 1. The fourth-order valence-electron chi connectivity index (χ4n) is 8.08. The van der Waals surface area contributed by atoms with Crippen molar-refractivity contribution in [3.63, 3.8) is 0 Å². The number of hydrogen-bond donors (Lipinski definition) is 0. The van der Waals surface area contributed by atoms with E-state index < -0.39 is 17.3 Å². The zero-order chi connectivity index (χ0) is 24.6. The number of carboxylic acid groups (broad SMARTS) is 1. The highest BCUT2D eigenvalue weighted by Crippen LogP contribution is 2.64. The minimum atomic E-state index is -0.972. The van der Waals surface area contributed by atoms with E-state index in [-0.39, 0.29) is 41.5 Å². The molecule has 3 rings (SSSR count). The molecule has 8 atom stereocenters. The SMILES string of the molecule is CC(=O)OC1CC[C@](C)(C2CC[C@]3(C)C(C(C)CCCC(C)C)CCC3C2C(=O)[O-])C(=O)C1. The summed E-state index contributed by atoms with van der Waals surface area (Å²) in [5, 5.41) is 12.6. The normalized spacial score (nSPS) is 39.8. The molecule has 33 heavy (non-hydrogen) atoms. The fourth-order valence-corrected chi connectivity index (χ4v) is 8.08. The maximum absolute atomic E-state index is 13.3. The minimum absolute atomic E-state index is 0.00678. The van der Waals surface area contributed by atoms with E-state index in [9.17, 15) is 19.5 Å². The van der Waals surface area contributed by atoms with Crippen LogP contribution in [0.4, 0.5) is 0 Å². The smallest absolute Gasteiger partial charge is 0.302 e. The van der Waals surface area contributed by atoms with Gasteiger partial charge in [-0.25, -0.2) is 0 Å². The van der Waals surface area contributed by atoms with Crippen LogP contribution in [-0.2, 0) is 19.1 Å². The number of hydrogen-bond acceptors (Lipinski definition) is 5. The van der Waals surface area contributed by atoms with E-state index >= 15 is 0 Å². The number of Topliss-reactive ketones (excluding diaryl/α,β-unsaturated/α-hetero) is 1. The lowest BCUT2D eigenvalue weighted by atomic mass is 9.50. The molecule has 0 aromatic heterocycles. The Morgan fingerprint density at radius 3 is 2.30 bits per heavy atom. The van der Waals surface area contributed by atoms with Crippen LogP contribution < -0.4 is 5.11 Å². The topological polar surface area (TPSA) is 83.5 Å². The molecule has 188 valence electrons. The average molecular weight is 462 g/mol. The minimum Gasteiger partial charge on any atom is -0.550 e. The van der Waals surface area contributed by atoms with Crippen molar-refractivity contribution in [3.05, 3.63) is 0 Å². The Morgan fingerprint density at radius 2 is 1.73 bits per heavy atom. The number of rotatable bonds is 8. The first-order valence-electron chi connectivity index (χ1n) is 13.3. The fraction of sp³-hybridized carbons (Fsp3) is 0.893. The van der Waals surface area contributed by atoms with E-state index in [4.69, 9.17) is 4.74 Å². The molecule has 0 bridgehead atoms. The zero-order valence-corrected chi connectivity index (χ0v) is 21.7. The molecule has 3 fully saturated rings. The van der Waals surface area contributed by atoms with Crippen LogP contribution in [0.25, 0.3) is 0 Å². The van der Waals surface area contributed by atoms with Gasteiger partial charge in [-0.3, -0.25) is 9.59 Å². The molecular weight excluding hydrogens is 416 g/mol. The summed E-state index contributed by atoms with van der Waals surface area (Å²) >= 11 is 0. The van der Waals surface area contributed by atoms with Crippen molar-refractivity contribution in [1.82, 2.24) is 0 Å². The molecule has 0 amide bonds. The van der Waals surface area contributed by atoms with Gasteiger partial charge in [-0.15, -0.1) is 0 Å². The van der Waals surface area contributed by atoms with Crippen molar-refractivity contribution in [2.24, 2.45) is 46.3 Å². The number of fused-ring (bicyclic) bond motifs is 1. The van der Waals surface area contributed by atoms with Crippen molar-refractivity contribution in [2.45, 2.75) is 112 Å². The molecular formula is C28H45O5-. The molecule has 0 spiro atoms. The lowest BCUT2D eigenvalue weighted by molar-refractivity contribution is -0.319. The van der Waals surface area contributed by atoms with Gasteiger partial charge in [0.25, 0.3) is 0 Å². The van der Waals surface area contributed by atoms with Gasteiger partial charge in [0, 0.05) is 30.6 Å². The van der Waals surface area contributed by atoms with Crippen LogP contribution in [0.15, 0.2) is 0 Å². The van der Waals surface area contributed by atoms with Crippen molar-refractivity contribution >= 4 is 17.7 Å². The van der Waals surface area contributed by atoms with Crippen molar-refractivity contribution < 1.29 is 24.2 Å². The van der Waals surface area contributed by atoms with Gasteiger partial charge in [0.15, 0.2) is 0 Å². The lowest BCUT2D eigenvalue weighted by Gasteiger charge is -2.55. The molecule has 0 aromatic rings. The summed E-state index contributed by atoms with van der Waals surface area (Å²) in [5.74, 6) is -0.119. The van der Waals surface area contributed by atoms with Crippen LogP contribution in [0.3, 0.4) is 0 Å². The van der Waals surface area contributed by atoms with Gasteiger partial charge in [-0.2, -0.15) is 0 Å². The second-order valence-corrected chi connectivity index (χ2v) is 12.4. The van der Waals surface area contributed by atoms with Gasteiger partial charge in [0.2, 0.25) is 0 Å². The van der Waals surface area contributed by atoms with Gasteiger partial charge < -0.3 is 14.6 Å². The zero-order valence-electron chi connectivity index (χ0n) is 21.7. The molecule has 0 heterocycles. The first kappa shape index (κ1) is 26.2. The second-order valence-electron chi connectivity index (χ2n) is 12.4. The summed E-state index contributed by atoms with van der Waals surface area (Å²) in [6.07, 6.45) is 8.47. The quantitative estimate of drug-likeness (QED) is 0.478. The number of carbonyl (C=O) groups is 3. The van der Waals surface area contributed by atoms with Crippen LogP contribution in [0, 0.1) is 46.3 Å². The summed E-state index contributed by atoms with van der Waals surface area (Å²) in [5.41, 5.74) is -0.670. The highest BCUT2D eigenvalue weighted by atomic mass is 16.5. The Bertz CT molecular complexity index is 745. The Morgan fingerprint density at radius 1 is 1.03 bits per heavy atom. The second kappa shape index (κ2) is 10.1. The van der Waals surface area contributed by atoms with Crippen molar-refractivity contribution in [1.29, 1.82) is 0 Å². The number of ether oxygens (including phenoxy) is 1. The molecule has 0 saturated heterocycles. The van der Waals surface area contributed by atoms with Gasteiger partial charge in [0.1, 0.15) is 11.9 Å². The van der Waals surface area contributed by atoms with Crippen molar-refractivity contribution in [2.75, 3.05) is 0 Å². The van der Waals surface area contributed by atoms with Gasteiger partial charge in [-0.1, -0.05) is 53.9 Å². The molecule has 3 aliphatic rings. The molecule has 6 unspecified atom stereocenters. The van der Waals surface area contributed by atoms with E-state index in [0.717, 1.165) is 31.6 Å². The maximum Gasteiger partial charge on any atom is 0.302 e. The third-order valence-corrected chi connectivity index (χ3v) is 9.93. The maximum atomic E-state index is 13.3. The molecule has 5 nitrogen and oxygen atoms in total. The molecule has 5 heteroatoms.